The first-order chi connectivity index (χ1) is 8.18. The quantitative estimate of drug-likeness (QED) is 0.784. The van der Waals surface area contributed by atoms with Crippen LogP contribution in [0.3, 0.4) is 0 Å². The van der Waals surface area contributed by atoms with Crippen molar-refractivity contribution in [3.05, 3.63) is 35.9 Å². The zero-order valence-electron chi connectivity index (χ0n) is 10.3. The van der Waals surface area contributed by atoms with Gasteiger partial charge in [-0.1, -0.05) is 42.2 Å². The molecule has 0 spiro atoms. The van der Waals surface area contributed by atoms with E-state index in [-0.39, 0.29) is 0 Å². The fourth-order valence-corrected chi connectivity index (χ4v) is 2.10. The van der Waals surface area contributed by atoms with Crippen LogP contribution in [0.4, 0.5) is 0 Å². The Morgan fingerprint density at radius 3 is 2.53 bits per heavy atom. The number of aliphatic hydroxyl groups is 1. The maximum atomic E-state index is 10.3. The fraction of sp³-hybridized carbons (Fsp3) is 0.467. The van der Waals surface area contributed by atoms with Crippen molar-refractivity contribution in [3.8, 4) is 11.8 Å². The minimum absolute atomic E-state index is 0.767. The Labute approximate surface area is 103 Å². The zero-order chi connectivity index (χ0) is 12.1. The standard InChI is InChI=1S/C15H19NO/c1-15(17,14-8-3-2-4-9-14)10-7-13-16-11-5-6-12-16/h2-4,8-9,17H,5-6,11-13H2,1H3/t15-/m1/s1. The summed E-state index contributed by atoms with van der Waals surface area (Å²) in [6.45, 7) is 4.80. The van der Waals surface area contributed by atoms with Gasteiger partial charge in [0.1, 0.15) is 5.60 Å². The molecule has 0 bridgehead atoms. The van der Waals surface area contributed by atoms with Gasteiger partial charge in [-0.3, -0.25) is 4.90 Å². The maximum absolute atomic E-state index is 10.3. The van der Waals surface area contributed by atoms with Crippen LogP contribution in [0.2, 0.25) is 0 Å². The second-order valence-electron chi connectivity index (χ2n) is 4.72. The van der Waals surface area contributed by atoms with Crippen LogP contribution in [0.5, 0.6) is 0 Å². The van der Waals surface area contributed by atoms with E-state index in [1.807, 2.05) is 30.3 Å². The molecule has 1 saturated heterocycles. The van der Waals surface area contributed by atoms with Crippen LogP contribution in [0.1, 0.15) is 25.3 Å². The summed E-state index contributed by atoms with van der Waals surface area (Å²) in [5, 5.41) is 10.3. The molecular weight excluding hydrogens is 210 g/mol. The van der Waals surface area contributed by atoms with Gasteiger partial charge in [0, 0.05) is 0 Å². The summed E-state index contributed by atoms with van der Waals surface area (Å²) in [6.07, 6.45) is 2.55. The van der Waals surface area contributed by atoms with Gasteiger partial charge in [0.2, 0.25) is 0 Å². The molecule has 0 amide bonds. The van der Waals surface area contributed by atoms with Crippen LogP contribution >= 0.6 is 0 Å². The summed E-state index contributed by atoms with van der Waals surface area (Å²) in [5.41, 5.74) is -0.185. The number of rotatable bonds is 2. The zero-order valence-corrected chi connectivity index (χ0v) is 10.3. The van der Waals surface area contributed by atoms with Gasteiger partial charge in [-0.05, 0) is 38.4 Å². The Kier molecular flexibility index (Phi) is 3.83. The van der Waals surface area contributed by atoms with E-state index in [1.165, 1.54) is 12.8 Å². The number of hydrogen-bond donors (Lipinski definition) is 1. The minimum atomic E-state index is -1.04. The second-order valence-corrected chi connectivity index (χ2v) is 4.72. The van der Waals surface area contributed by atoms with E-state index in [2.05, 4.69) is 16.7 Å². The van der Waals surface area contributed by atoms with Crippen LogP contribution in [0, 0.1) is 11.8 Å². The Balaban J connectivity index is 1.99. The normalized spacial score (nSPS) is 19.4. The van der Waals surface area contributed by atoms with E-state index < -0.39 is 5.60 Å². The molecule has 1 N–H and O–H groups in total. The van der Waals surface area contributed by atoms with Gasteiger partial charge in [0.25, 0.3) is 0 Å². The monoisotopic (exact) mass is 229 g/mol. The summed E-state index contributed by atoms with van der Waals surface area (Å²) in [5.74, 6) is 6.06. The topological polar surface area (TPSA) is 23.5 Å². The van der Waals surface area contributed by atoms with Gasteiger partial charge < -0.3 is 5.11 Å². The van der Waals surface area contributed by atoms with Gasteiger partial charge in [-0.2, -0.15) is 0 Å². The molecule has 17 heavy (non-hydrogen) atoms. The lowest BCUT2D eigenvalue weighted by molar-refractivity contribution is 0.122. The average molecular weight is 229 g/mol. The molecule has 0 unspecified atom stereocenters. The lowest BCUT2D eigenvalue weighted by atomic mass is 9.97. The first kappa shape index (κ1) is 12.2. The lowest BCUT2D eigenvalue weighted by Gasteiger charge is -2.17. The fourth-order valence-electron chi connectivity index (χ4n) is 2.10. The molecule has 0 aliphatic carbocycles. The highest BCUT2D eigenvalue weighted by atomic mass is 16.3. The molecule has 0 radical (unpaired) electrons. The van der Waals surface area contributed by atoms with Crippen molar-refractivity contribution in [2.45, 2.75) is 25.4 Å². The molecule has 1 heterocycles. The summed E-state index contributed by atoms with van der Waals surface area (Å²) in [6, 6.07) is 9.60. The van der Waals surface area contributed by atoms with Crippen molar-refractivity contribution in [2.75, 3.05) is 19.6 Å². The second kappa shape index (κ2) is 5.35. The third-order valence-electron chi connectivity index (χ3n) is 3.17. The summed E-state index contributed by atoms with van der Waals surface area (Å²) >= 11 is 0. The van der Waals surface area contributed by atoms with E-state index in [9.17, 15) is 5.11 Å². The highest BCUT2D eigenvalue weighted by Crippen LogP contribution is 2.18. The molecule has 2 nitrogen and oxygen atoms in total. The lowest BCUT2D eigenvalue weighted by Crippen LogP contribution is -2.21. The van der Waals surface area contributed by atoms with Gasteiger partial charge in [-0.25, -0.2) is 0 Å². The predicted molar refractivity (Wildman–Crippen MR) is 69.5 cm³/mol. The summed E-state index contributed by atoms with van der Waals surface area (Å²) in [4.78, 5) is 2.33. The molecular formula is C15H19NO. The van der Waals surface area contributed by atoms with Gasteiger partial charge in [0.05, 0.1) is 6.54 Å². The van der Waals surface area contributed by atoms with Crippen LogP contribution in [-0.2, 0) is 5.60 Å². The van der Waals surface area contributed by atoms with Gasteiger partial charge in [0.15, 0.2) is 0 Å². The van der Waals surface area contributed by atoms with Crippen LogP contribution in [0.15, 0.2) is 30.3 Å². The molecule has 1 fully saturated rings. The SMILES string of the molecule is C[C@@](O)(C#CCN1CCCC1)c1ccccc1. The van der Waals surface area contributed by atoms with E-state index in [0.717, 1.165) is 25.2 Å². The van der Waals surface area contributed by atoms with Crippen LogP contribution in [-0.4, -0.2) is 29.6 Å². The molecule has 2 rings (SSSR count). The summed E-state index contributed by atoms with van der Waals surface area (Å²) in [7, 11) is 0. The molecule has 1 aromatic rings. The minimum Gasteiger partial charge on any atom is -0.374 e. The Bertz CT molecular complexity index is 408. The highest BCUT2D eigenvalue weighted by molar-refractivity contribution is 5.30. The molecule has 1 aliphatic heterocycles. The molecule has 1 aromatic carbocycles. The van der Waals surface area contributed by atoms with Crippen molar-refractivity contribution >= 4 is 0 Å². The molecule has 1 aliphatic rings. The number of nitrogens with zero attached hydrogens (tertiary/aromatic N) is 1. The van der Waals surface area contributed by atoms with E-state index in [4.69, 9.17) is 0 Å². The Morgan fingerprint density at radius 2 is 1.88 bits per heavy atom. The Morgan fingerprint density at radius 1 is 1.24 bits per heavy atom. The van der Waals surface area contributed by atoms with Crippen LogP contribution in [0.25, 0.3) is 0 Å². The van der Waals surface area contributed by atoms with E-state index >= 15 is 0 Å². The maximum Gasteiger partial charge on any atom is 0.148 e. The first-order valence-electron chi connectivity index (χ1n) is 6.19. The number of benzene rings is 1. The third kappa shape index (κ3) is 3.33. The molecule has 90 valence electrons. The molecule has 1 atom stereocenters. The average Bonchev–Trinajstić information content (AvgIpc) is 2.83. The van der Waals surface area contributed by atoms with Crippen LogP contribution < -0.4 is 0 Å². The van der Waals surface area contributed by atoms with Crippen molar-refractivity contribution < 1.29 is 5.11 Å². The van der Waals surface area contributed by atoms with Gasteiger partial charge in [-0.15, -0.1) is 0 Å². The van der Waals surface area contributed by atoms with E-state index in [1.54, 1.807) is 6.92 Å². The predicted octanol–water partition coefficient (Wildman–Crippen LogP) is 1.99. The number of hydrogen-bond acceptors (Lipinski definition) is 2. The Hall–Kier alpha value is -1.30. The molecule has 0 saturated carbocycles. The van der Waals surface area contributed by atoms with Crippen molar-refractivity contribution in [1.82, 2.24) is 4.90 Å². The van der Waals surface area contributed by atoms with Crippen molar-refractivity contribution in [1.29, 1.82) is 0 Å². The van der Waals surface area contributed by atoms with Gasteiger partial charge >= 0.3 is 0 Å². The third-order valence-corrected chi connectivity index (χ3v) is 3.17. The molecule has 2 heteroatoms. The molecule has 0 aromatic heterocycles. The largest absolute Gasteiger partial charge is 0.374 e. The first-order valence-corrected chi connectivity index (χ1v) is 6.19. The van der Waals surface area contributed by atoms with Crippen molar-refractivity contribution in [2.24, 2.45) is 0 Å². The smallest absolute Gasteiger partial charge is 0.148 e. The van der Waals surface area contributed by atoms with E-state index in [0.29, 0.717) is 0 Å². The number of likely N-dealkylation sites (tertiary alicyclic amines) is 1. The summed E-state index contributed by atoms with van der Waals surface area (Å²) < 4.78 is 0. The van der Waals surface area contributed by atoms with Crippen molar-refractivity contribution in [3.63, 3.8) is 0 Å². The highest BCUT2D eigenvalue weighted by Gasteiger charge is 2.19.